The Morgan fingerprint density at radius 3 is 1.79 bits per heavy atom. The average Bonchev–Trinajstić information content (AvgIpc) is 3.38. The third-order valence-electron chi connectivity index (χ3n) is 13.0. The van der Waals surface area contributed by atoms with Crippen molar-refractivity contribution in [3.63, 3.8) is 0 Å². The van der Waals surface area contributed by atoms with Gasteiger partial charge in [-0.15, -0.1) is 0 Å². The summed E-state index contributed by atoms with van der Waals surface area (Å²) in [6, 6.07) is 61.5. The molecular formula is C58H50N3O5S2+. The molecule has 7 aromatic rings. The number of aliphatic hydroxyl groups excluding tert-OH is 1. The van der Waals surface area contributed by atoms with Crippen LogP contribution in [0.25, 0.3) is 33.4 Å². The van der Waals surface area contributed by atoms with Crippen LogP contribution in [-0.2, 0) is 10.3 Å². The molecule has 0 radical (unpaired) electrons. The summed E-state index contributed by atoms with van der Waals surface area (Å²) in [5.74, 6) is 2.28. The number of aliphatic hydroxyl groups is 1. The molecule has 7 aromatic carbocycles. The summed E-state index contributed by atoms with van der Waals surface area (Å²) in [4.78, 5) is 9.43. The van der Waals surface area contributed by atoms with Gasteiger partial charge in [-0.3, -0.25) is 0 Å². The molecule has 0 aromatic heterocycles. The largest absolute Gasteiger partial charge is 0.497 e. The maximum absolute atomic E-state index is 10.6. The number of hydrogen-bond acceptors (Lipinski definition) is 9. The van der Waals surface area contributed by atoms with Gasteiger partial charge >= 0.3 is 0 Å². The van der Waals surface area contributed by atoms with Gasteiger partial charge in [-0.2, -0.15) is 0 Å². The SMILES string of the molecule is COc1ccc(C(OCC[N+](CCO)=c2ccc3c(-c4cc5c6c(c4)Sc4ccccc4N6c4ccccc4S5)c4ccc(N(C)C)cc4oc-3c2)(c2ccccc2)c2ccc(OC)cc2)cc1. The van der Waals surface area contributed by atoms with Gasteiger partial charge in [-0.25, -0.2) is 4.58 Å². The summed E-state index contributed by atoms with van der Waals surface area (Å²) in [7, 11) is 7.45. The van der Waals surface area contributed by atoms with Crippen LogP contribution in [0.2, 0.25) is 0 Å². The minimum Gasteiger partial charge on any atom is -0.497 e. The van der Waals surface area contributed by atoms with E-state index in [0.717, 1.165) is 72.7 Å². The van der Waals surface area contributed by atoms with E-state index in [1.54, 1.807) is 14.2 Å². The fourth-order valence-corrected chi connectivity index (χ4v) is 12.0. The highest BCUT2D eigenvalue weighted by Gasteiger charge is 2.39. The second-order valence-electron chi connectivity index (χ2n) is 17.1. The number of nitrogens with zero attached hydrogens (tertiary/aromatic N) is 3. The topological polar surface area (TPSA) is 70.6 Å². The number of methoxy groups -OCH3 is 2. The van der Waals surface area contributed by atoms with E-state index in [-0.39, 0.29) is 6.61 Å². The lowest BCUT2D eigenvalue weighted by atomic mass is 9.80. The Balaban J connectivity index is 1.04. The molecule has 0 amide bonds. The fraction of sp³-hybridized carbons (Fsp3) is 0.155. The van der Waals surface area contributed by atoms with Gasteiger partial charge in [0.15, 0.2) is 13.1 Å². The molecule has 0 atom stereocenters. The number of anilines is 4. The van der Waals surface area contributed by atoms with Gasteiger partial charge in [0.2, 0.25) is 5.36 Å². The zero-order valence-electron chi connectivity index (χ0n) is 38.3. The van der Waals surface area contributed by atoms with Crippen molar-refractivity contribution in [2.24, 2.45) is 0 Å². The molecular weight excluding hydrogens is 883 g/mol. The first-order valence-corrected chi connectivity index (χ1v) is 24.4. The fourth-order valence-electron chi connectivity index (χ4n) is 9.69. The van der Waals surface area contributed by atoms with E-state index < -0.39 is 5.60 Å². The maximum atomic E-state index is 10.6. The van der Waals surface area contributed by atoms with Crippen LogP contribution in [0.5, 0.6) is 11.5 Å². The molecule has 11 rings (SSSR count). The van der Waals surface area contributed by atoms with Gasteiger partial charge in [0.1, 0.15) is 41.7 Å². The molecule has 10 heteroatoms. The number of para-hydroxylation sites is 2. The Labute approximate surface area is 405 Å². The van der Waals surface area contributed by atoms with Crippen LogP contribution in [0, 0.1) is 0 Å². The van der Waals surface area contributed by atoms with E-state index in [4.69, 9.17) is 18.6 Å². The van der Waals surface area contributed by atoms with Crippen molar-refractivity contribution in [3.05, 3.63) is 198 Å². The van der Waals surface area contributed by atoms with E-state index >= 15 is 0 Å². The standard InChI is InChI=1S/C58H50N3O5S2/c1-59(2)42-22-28-46-50(36-42)66-51-37-43(23-29-47(51)56(46)38-34-54-57-55(35-38)68-53-17-11-9-15-49(53)61(57)48-14-8-10-16-52(48)67-54)60(30-32-62)31-33-65-58(39-12-6-5-7-13-39,40-18-24-44(63-3)25-19-40)41-20-26-45(64-4)27-21-41/h5-29,34-37,62H,30-33H2,1-4H3/q+1. The average molecular weight is 933 g/mol. The molecule has 3 aliphatic heterocycles. The number of rotatable bonds is 13. The minimum atomic E-state index is -0.979. The zero-order valence-corrected chi connectivity index (χ0v) is 39.9. The summed E-state index contributed by atoms with van der Waals surface area (Å²) in [5.41, 5.74) is 10.7. The summed E-state index contributed by atoms with van der Waals surface area (Å²) in [6.07, 6.45) is 0. The second-order valence-corrected chi connectivity index (χ2v) is 19.3. The third kappa shape index (κ3) is 7.67. The Morgan fingerprint density at radius 1 is 0.618 bits per heavy atom. The lowest BCUT2D eigenvalue weighted by Crippen LogP contribution is -2.39. The van der Waals surface area contributed by atoms with E-state index in [2.05, 4.69) is 162 Å². The third-order valence-corrected chi connectivity index (χ3v) is 15.2. The lowest BCUT2D eigenvalue weighted by Gasteiger charge is -2.38. The van der Waals surface area contributed by atoms with Crippen molar-refractivity contribution in [2.45, 2.75) is 25.2 Å². The van der Waals surface area contributed by atoms with E-state index in [9.17, 15) is 5.11 Å². The van der Waals surface area contributed by atoms with Crippen molar-refractivity contribution < 1.29 is 23.7 Å². The quantitative estimate of drug-likeness (QED) is 0.0691. The maximum Gasteiger partial charge on any atom is 0.203 e. The highest BCUT2D eigenvalue weighted by Crippen LogP contribution is 2.61. The summed E-state index contributed by atoms with van der Waals surface area (Å²) in [6.45, 7) is 1.17. The molecule has 1 N–H and O–H groups in total. The Morgan fingerprint density at radius 2 is 1.21 bits per heavy atom. The number of fused-ring (bicyclic) bond motifs is 6. The van der Waals surface area contributed by atoms with Crippen LogP contribution >= 0.6 is 23.5 Å². The van der Waals surface area contributed by atoms with Gasteiger partial charge in [-0.05, 0) is 101 Å². The highest BCUT2D eigenvalue weighted by molar-refractivity contribution is 8.00. The first kappa shape index (κ1) is 43.6. The van der Waals surface area contributed by atoms with Crippen LogP contribution in [0.3, 0.4) is 0 Å². The van der Waals surface area contributed by atoms with Crippen LogP contribution < -0.4 is 29.2 Å². The molecule has 0 fully saturated rings. The number of hydrogen-bond donors (Lipinski definition) is 1. The Bertz CT molecular complexity index is 3240. The van der Waals surface area contributed by atoms with Crippen LogP contribution in [0.4, 0.5) is 22.7 Å². The molecule has 8 nitrogen and oxygen atoms in total. The van der Waals surface area contributed by atoms with Crippen LogP contribution in [0.1, 0.15) is 16.7 Å². The molecule has 0 spiro atoms. The minimum absolute atomic E-state index is 0.0400. The van der Waals surface area contributed by atoms with Crippen molar-refractivity contribution >= 4 is 57.2 Å². The van der Waals surface area contributed by atoms with Gasteiger partial charge in [0.05, 0.1) is 37.3 Å². The van der Waals surface area contributed by atoms with Gasteiger partial charge in [0, 0.05) is 68.0 Å². The molecule has 1 aliphatic carbocycles. The van der Waals surface area contributed by atoms with Crippen molar-refractivity contribution in [2.75, 3.05) is 64.4 Å². The molecule has 0 saturated carbocycles. The molecule has 0 bridgehead atoms. The second kappa shape index (κ2) is 18.3. The Kier molecular flexibility index (Phi) is 11.7. The Hall–Kier alpha value is -6.95. The van der Waals surface area contributed by atoms with E-state index in [0.29, 0.717) is 19.7 Å². The van der Waals surface area contributed by atoms with Gasteiger partial charge in [-0.1, -0.05) is 102 Å². The lowest BCUT2D eigenvalue weighted by molar-refractivity contribution is 0.0123. The zero-order chi connectivity index (χ0) is 46.4. The van der Waals surface area contributed by atoms with Crippen molar-refractivity contribution in [1.29, 1.82) is 0 Å². The normalized spacial score (nSPS) is 13.2. The number of benzene rings is 8. The predicted octanol–water partition coefficient (Wildman–Crippen LogP) is 12.5. The van der Waals surface area contributed by atoms with Crippen molar-refractivity contribution in [1.82, 2.24) is 4.58 Å². The molecule has 4 aliphatic rings. The summed E-state index contributed by atoms with van der Waals surface area (Å²) >= 11 is 3.66. The van der Waals surface area contributed by atoms with E-state index in [1.807, 2.05) is 66.0 Å². The molecule has 3 heterocycles. The predicted molar refractivity (Wildman–Crippen MR) is 276 cm³/mol. The van der Waals surface area contributed by atoms with Crippen molar-refractivity contribution in [3.8, 4) is 33.9 Å². The smallest absolute Gasteiger partial charge is 0.203 e. The molecule has 0 unspecified atom stereocenters. The highest BCUT2D eigenvalue weighted by atomic mass is 32.2. The summed E-state index contributed by atoms with van der Waals surface area (Å²) in [5, 5.41) is 12.5. The molecule has 338 valence electrons. The van der Waals surface area contributed by atoms with Gasteiger partial charge < -0.3 is 33.5 Å². The monoisotopic (exact) mass is 932 g/mol. The van der Waals surface area contributed by atoms with Crippen LogP contribution in [0.15, 0.2) is 200 Å². The van der Waals surface area contributed by atoms with E-state index in [1.165, 1.54) is 36.6 Å². The van der Waals surface area contributed by atoms with Crippen LogP contribution in [-0.4, -0.2) is 59.7 Å². The summed E-state index contributed by atoms with van der Waals surface area (Å²) < 4.78 is 27.5. The first-order valence-electron chi connectivity index (χ1n) is 22.7. The van der Waals surface area contributed by atoms with Gasteiger partial charge in [0.25, 0.3) is 0 Å². The molecule has 68 heavy (non-hydrogen) atoms. The first-order chi connectivity index (χ1) is 33.4. The number of ether oxygens (including phenoxy) is 3. The molecule has 0 saturated heterocycles.